The van der Waals surface area contributed by atoms with Crippen LogP contribution in [-0.2, 0) is 11.2 Å². The summed E-state index contributed by atoms with van der Waals surface area (Å²) in [6.45, 7) is 4.77. The van der Waals surface area contributed by atoms with Crippen molar-refractivity contribution < 1.29 is 9.53 Å². The second-order valence-corrected chi connectivity index (χ2v) is 7.03. The van der Waals surface area contributed by atoms with Gasteiger partial charge in [-0.3, -0.25) is 0 Å². The van der Waals surface area contributed by atoms with Crippen molar-refractivity contribution in [1.82, 2.24) is 4.98 Å². The van der Waals surface area contributed by atoms with E-state index in [0.29, 0.717) is 12.3 Å². The zero-order valence-electron chi connectivity index (χ0n) is 11.2. The van der Waals surface area contributed by atoms with Gasteiger partial charge in [-0.05, 0) is 32.4 Å². The molecule has 0 amide bonds. The first-order valence-corrected chi connectivity index (χ1v) is 8.24. The van der Waals surface area contributed by atoms with Gasteiger partial charge in [-0.15, -0.1) is 22.7 Å². The molecule has 0 radical (unpaired) electrons. The minimum absolute atomic E-state index is 0.359. The molecule has 4 nitrogen and oxygen atoms in total. The summed E-state index contributed by atoms with van der Waals surface area (Å²) in [4.78, 5) is 18.0. The van der Waals surface area contributed by atoms with Crippen LogP contribution < -0.4 is 5.32 Å². The van der Waals surface area contributed by atoms with Crippen LogP contribution in [0.25, 0.3) is 0 Å². The summed E-state index contributed by atoms with van der Waals surface area (Å²) in [5, 5.41) is 3.97. The summed E-state index contributed by atoms with van der Waals surface area (Å²) in [6.07, 6.45) is 0.880. The fourth-order valence-electron chi connectivity index (χ4n) is 1.64. The molecule has 2 heterocycles. The highest BCUT2D eigenvalue weighted by Crippen LogP contribution is 2.24. The SMILES string of the molecule is CCOC(=O)c1nc(NCCc2ccc(Cl)s2)sc1C. The molecule has 2 aromatic heterocycles. The third-order valence-electron chi connectivity index (χ3n) is 2.54. The van der Waals surface area contributed by atoms with Gasteiger partial charge >= 0.3 is 5.97 Å². The number of hydrogen-bond acceptors (Lipinski definition) is 6. The Kier molecular flexibility index (Phi) is 5.39. The van der Waals surface area contributed by atoms with Gasteiger partial charge in [0, 0.05) is 16.3 Å². The van der Waals surface area contributed by atoms with Crippen LogP contribution >= 0.6 is 34.3 Å². The molecule has 0 bridgehead atoms. The molecular formula is C13H15ClN2O2S2. The lowest BCUT2D eigenvalue weighted by Gasteiger charge is -2.00. The Morgan fingerprint density at radius 3 is 2.90 bits per heavy atom. The number of aromatic nitrogens is 1. The number of nitrogens with zero attached hydrogens (tertiary/aromatic N) is 1. The number of halogens is 1. The first kappa shape index (κ1) is 15.3. The number of nitrogens with one attached hydrogen (secondary N) is 1. The molecule has 0 aromatic carbocycles. The monoisotopic (exact) mass is 330 g/mol. The van der Waals surface area contributed by atoms with Crippen molar-refractivity contribution in [3.05, 3.63) is 31.9 Å². The first-order chi connectivity index (χ1) is 9.60. The number of carbonyl (C=O) groups excluding carboxylic acids is 1. The summed E-state index contributed by atoms with van der Waals surface area (Å²) in [5.74, 6) is -0.362. The number of hydrogen-bond donors (Lipinski definition) is 1. The van der Waals surface area contributed by atoms with Crippen molar-refractivity contribution in [2.45, 2.75) is 20.3 Å². The predicted molar refractivity (Wildman–Crippen MR) is 84.3 cm³/mol. The van der Waals surface area contributed by atoms with Crippen LogP contribution in [0.4, 0.5) is 5.13 Å². The quantitative estimate of drug-likeness (QED) is 0.813. The zero-order valence-corrected chi connectivity index (χ0v) is 13.6. The summed E-state index contributed by atoms with van der Waals surface area (Å²) in [5.41, 5.74) is 0.401. The Morgan fingerprint density at radius 1 is 1.45 bits per heavy atom. The maximum atomic E-state index is 11.7. The Bertz CT molecular complexity index is 595. The molecular weight excluding hydrogens is 316 g/mol. The van der Waals surface area contributed by atoms with E-state index in [9.17, 15) is 4.79 Å². The number of aryl methyl sites for hydroxylation is 1. The average Bonchev–Trinajstić information content (AvgIpc) is 2.96. The van der Waals surface area contributed by atoms with Gasteiger partial charge in [0.15, 0.2) is 10.8 Å². The number of anilines is 1. The second-order valence-electron chi connectivity index (χ2n) is 4.03. The van der Waals surface area contributed by atoms with Gasteiger partial charge in [-0.1, -0.05) is 11.6 Å². The number of carbonyl (C=O) groups is 1. The molecule has 0 fully saturated rings. The van der Waals surface area contributed by atoms with Gasteiger partial charge in [-0.2, -0.15) is 0 Å². The molecule has 20 heavy (non-hydrogen) atoms. The van der Waals surface area contributed by atoms with E-state index in [0.717, 1.165) is 27.3 Å². The van der Waals surface area contributed by atoms with Crippen molar-refractivity contribution in [3.8, 4) is 0 Å². The number of ether oxygens (including phenoxy) is 1. The van der Waals surface area contributed by atoms with Crippen molar-refractivity contribution in [3.63, 3.8) is 0 Å². The van der Waals surface area contributed by atoms with Crippen molar-refractivity contribution in [1.29, 1.82) is 0 Å². The third kappa shape index (κ3) is 3.94. The molecule has 0 spiro atoms. The lowest BCUT2D eigenvalue weighted by atomic mass is 10.3. The number of rotatable bonds is 6. The van der Waals surface area contributed by atoms with E-state index in [1.54, 1.807) is 18.3 Å². The summed E-state index contributed by atoms with van der Waals surface area (Å²) >= 11 is 8.92. The Hall–Kier alpha value is -1.11. The molecule has 0 aliphatic rings. The molecule has 0 saturated carbocycles. The van der Waals surface area contributed by atoms with Gasteiger partial charge in [0.25, 0.3) is 0 Å². The molecule has 2 aromatic rings. The summed E-state index contributed by atoms with van der Waals surface area (Å²) in [6, 6.07) is 3.92. The maximum Gasteiger partial charge on any atom is 0.358 e. The minimum atomic E-state index is -0.362. The van der Waals surface area contributed by atoms with Crippen LogP contribution in [-0.4, -0.2) is 24.1 Å². The van der Waals surface area contributed by atoms with Crippen LogP contribution in [0, 0.1) is 6.92 Å². The summed E-state index contributed by atoms with van der Waals surface area (Å²) < 4.78 is 5.76. The van der Waals surface area contributed by atoms with E-state index >= 15 is 0 Å². The van der Waals surface area contributed by atoms with Crippen molar-refractivity contribution in [2.24, 2.45) is 0 Å². The van der Waals surface area contributed by atoms with Crippen molar-refractivity contribution in [2.75, 3.05) is 18.5 Å². The first-order valence-electron chi connectivity index (χ1n) is 6.22. The van der Waals surface area contributed by atoms with E-state index in [1.165, 1.54) is 16.2 Å². The standard InChI is InChI=1S/C13H15ClN2O2S2/c1-3-18-12(17)11-8(2)19-13(16-11)15-7-6-9-4-5-10(14)20-9/h4-5H,3,6-7H2,1-2H3,(H,15,16). The molecule has 2 rings (SSSR count). The average molecular weight is 331 g/mol. The fourth-order valence-corrected chi connectivity index (χ4v) is 3.55. The molecule has 0 aliphatic heterocycles. The van der Waals surface area contributed by atoms with E-state index in [1.807, 2.05) is 19.1 Å². The number of thiazole rings is 1. The fraction of sp³-hybridized carbons (Fsp3) is 0.385. The molecule has 0 saturated heterocycles. The molecule has 0 aliphatic carbocycles. The van der Waals surface area contributed by atoms with Gasteiger partial charge in [0.05, 0.1) is 10.9 Å². The molecule has 1 N–H and O–H groups in total. The highest BCUT2D eigenvalue weighted by Gasteiger charge is 2.16. The van der Waals surface area contributed by atoms with E-state index < -0.39 is 0 Å². The Balaban J connectivity index is 1.90. The van der Waals surface area contributed by atoms with Crippen LogP contribution in [0.1, 0.15) is 27.2 Å². The number of esters is 1. The molecule has 0 atom stereocenters. The minimum Gasteiger partial charge on any atom is -0.461 e. The predicted octanol–water partition coefficient (Wildman–Crippen LogP) is 4.00. The molecule has 7 heteroatoms. The van der Waals surface area contributed by atoms with Crippen LogP contribution in [0.2, 0.25) is 4.34 Å². The molecule has 0 unspecified atom stereocenters. The zero-order chi connectivity index (χ0) is 14.5. The highest BCUT2D eigenvalue weighted by atomic mass is 35.5. The van der Waals surface area contributed by atoms with Crippen molar-refractivity contribution >= 4 is 45.4 Å². The smallest absolute Gasteiger partial charge is 0.358 e. The van der Waals surface area contributed by atoms with Crippen LogP contribution in [0.3, 0.4) is 0 Å². The lowest BCUT2D eigenvalue weighted by molar-refractivity contribution is 0.0519. The van der Waals surface area contributed by atoms with E-state index in [2.05, 4.69) is 10.3 Å². The van der Waals surface area contributed by atoms with E-state index in [4.69, 9.17) is 16.3 Å². The molecule has 108 valence electrons. The number of thiophene rings is 1. The Morgan fingerprint density at radius 2 is 2.25 bits per heavy atom. The normalized spacial score (nSPS) is 10.6. The lowest BCUT2D eigenvalue weighted by Crippen LogP contribution is -2.07. The Labute approximate surface area is 130 Å². The van der Waals surface area contributed by atoms with Gasteiger partial charge in [0.1, 0.15) is 0 Å². The maximum absolute atomic E-state index is 11.7. The summed E-state index contributed by atoms with van der Waals surface area (Å²) in [7, 11) is 0. The third-order valence-corrected chi connectivity index (χ3v) is 4.76. The van der Waals surface area contributed by atoms with Gasteiger partial charge < -0.3 is 10.1 Å². The largest absolute Gasteiger partial charge is 0.461 e. The highest BCUT2D eigenvalue weighted by molar-refractivity contribution is 7.16. The van der Waals surface area contributed by atoms with Gasteiger partial charge in [-0.25, -0.2) is 9.78 Å². The van der Waals surface area contributed by atoms with Gasteiger partial charge in [0.2, 0.25) is 0 Å². The van der Waals surface area contributed by atoms with Crippen LogP contribution in [0.5, 0.6) is 0 Å². The van der Waals surface area contributed by atoms with E-state index in [-0.39, 0.29) is 5.97 Å². The topological polar surface area (TPSA) is 51.2 Å². The van der Waals surface area contributed by atoms with Crippen LogP contribution in [0.15, 0.2) is 12.1 Å². The second kappa shape index (κ2) is 7.06.